The Morgan fingerprint density at radius 1 is 1.40 bits per heavy atom. The van der Waals surface area contributed by atoms with Gasteiger partial charge in [0.25, 0.3) is 11.6 Å². The zero-order valence-corrected chi connectivity index (χ0v) is 18.2. The molecular weight excluding hydrogens is 412 g/mol. The fraction of sp³-hybridized carbons (Fsp3) is 0.650. The van der Waals surface area contributed by atoms with Crippen LogP contribution in [0.1, 0.15) is 42.5 Å². The SMILES string of the molecule is Cc1cc2n(n1)[C@@H](C(F)F)C[C@@H]([C@@H]1CCCN(C(=O)CSc3nc(C)c(C)o3)C1)N2. The molecule has 4 rings (SSSR count). The molecule has 3 atom stereocenters. The molecule has 7 nitrogen and oxygen atoms in total. The van der Waals surface area contributed by atoms with Crippen LogP contribution in [0, 0.1) is 26.7 Å². The van der Waals surface area contributed by atoms with Crippen LogP contribution in [0.15, 0.2) is 15.7 Å². The highest BCUT2D eigenvalue weighted by Gasteiger charge is 2.38. The second-order valence-electron chi connectivity index (χ2n) is 8.16. The van der Waals surface area contributed by atoms with Crippen LogP contribution in [0.2, 0.25) is 0 Å². The summed E-state index contributed by atoms with van der Waals surface area (Å²) in [7, 11) is 0. The first-order chi connectivity index (χ1) is 14.3. The third-order valence-corrected chi connectivity index (χ3v) is 6.81. The van der Waals surface area contributed by atoms with E-state index in [9.17, 15) is 13.6 Å². The minimum absolute atomic E-state index is 0.0281. The van der Waals surface area contributed by atoms with Gasteiger partial charge in [0.15, 0.2) is 0 Å². The van der Waals surface area contributed by atoms with Crippen molar-refractivity contribution >= 4 is 23.5 Å². The fourth-order valence-corrected chi connectivity index (χ4v) is 5.11. The summed E-state index contributed by atoms with van der Waals surface area (Å²) < 4.78 is 34.3. The molecule has 0 saturated carbocycles. The minimum Gasteiger partial charge on any atom is -0.437 e. The van der Waals surface area contributed by atoms with E-state index in [0.29, 0.717) is 30.6 Å². The van der Waals surface area contributed by atoms with Crippen molar-refractivity contribution in [2.24, 2.45) is 5.92 Å². The van der Waals surface area contributed by atoms with Crippen molar-refractivity contribution in [3.63, 3.8) is 0 Å². The van der Waals surface area contributed by atoms with Crippen LogP contribution in [-0.4, -0.2) is 56.9 Å². The Balaban J connectivity index is 1.39. The summed E-state index contributed by atoms with van der Waals surface area (Å²) in [4.78, 5) is 18.9. The molecule has 0 aliphatic carbocycles. The lowest BCUT2D eigenvalue weighted by Crippen LogP contribution is -2.48. The summed E-state index contributed by atoms with van der Waals surface area (Å²) in [6.07, 6.45) is -0.385. The Morgan fingerprint density at radius 2 is 2.20 bits per heavy atom. The van der Waals surface area contributed by atoms with Gasteiger partial charge in [-0.2, -0.15) is 5.10 Å². The third-order valence-electron chi connectivity index (χ3n) is 6.00. The number of anilines is 1. The molecular formula is C20H27F2N5O2S. The number of carbonyl (C=O) groups is 1. The Kier molecular flexibility index (Phi) is 6.04. The average molecular weight is 440 g/mol. The van der Waals surface area contributed by atoms with E-state index in [1.165, 1.54) is 16.4 Å². The topological polar surface area (TPSA) is 76.2 Å². The first kappa shape index (κ1) is 21.1. The average Bonchev–Trinajstić information content (AvgIpc) is 3.25. The number of rotatable bonds is 5. The highest BCUT2D eigenvalue weighted by Crippen LogP contribution is 2.36. The van der Waals surface area contributed by atoms with Crippen molar-refractivity contribution in [1.29, 1.82) is 0 Å². The van der Waals surface area contributed by atoms with E-state index in [2.05, 4.69) is 15.4 Å². The van der Waals surface area contributed by atoms with E-state index < -0.39 is 12.5 Å². The molecule has 1 N–H and O–H groups in total. The predicted molar refractivity (Wildman–Crippen MR) is 110 cm³/mol. The maximum atomic E-state index is 13.7. The van der Waals surface area contributed by atoms with E-state index in [0.717, 1.165) is 30.0 Å². The summed E-state index contributed by atoms with van der Waals surface area (Å²) in [5.41, 5.74) is 1.55. The van der Waals surface area contributed by atoms with Crippen LogP contribution in [0.3, 0.4) is 0 Å². The molecule has 0 spiro atoms. The normalized spacial score (nSPS) is 24.1. The van der Waals surface area contributed by atoms with Crippen LogP contribution in [-0.2, 0) is 4.79 Å². The number of halogens is 2. The number of nitrogens with one attached hydrogen (secondary N) is 1. The maximum Gasteiger partial charge on any atom is 0.260 e. The standard InChI is InChI=1S/C20H27F2N5O2S/c1-11-7-17-24-15(8-16(19(21)22)27(17)25-11)14-5-4-6-26(9-14)18(28)10-30-20-23-12(2)13(3)29-20/h7,14-16,19,24H,4-6,8-10H2,1-3H3/t14-,15+,16-/m1/s1. The number of alkyl halides is 2. The van der Waals surface area contributed by atoms with E-state index in [1.807, 2.05) is 24.8 Å². The number of hydrogen-bond acceptors (Lipinski definition) is 6. The zero-order chi connectivity index (χ0) is 21.4. The van der Waals surface area contributed by atoms with Crippen LogP contribution in [0.4, 0.5) is 14.6 Å². The van der Waals surface area contributed by atoms with Crippen molar-refractivity contribution in [1.82, 2.24) is 19.7 Å². The van der Waals surface area contributed by atoms with Gasteiger partial charge in [0, 0.05) is 25.2 Å². The monoisotopic (exact) mass is 439 g/mol. The molecule has 0 bridgehead atoms. The van der Waals surface area contributed by atoms with Crippen molar-refractivity contribution in [3.8, 4) is 0 Å². The lowest BCUT2D eigenvalue weighted by molar-refractivity contribution is -0.130. The molecule has 4 heterocycles. The summed E-state index contributed by atoms with van der Waals surface area (Å²) in [6.45, 7) is 6.80. The number of piperidine rings is 1. The maximum absolute atomic E-state index is 13.7. The number of aromatic nitrogens is 3. The van der Waals surface area contributed by atoms with Gasteiger partial charge in [-0.25, -0.2) is 18.4 Å². The van der Waals surface area contributed by atoms with E-state index in [1.54, 1.807) is 6.92 Å². The molecule has 1 amide bonds. The number of oxazole rings is 1. The fourth-order valence-electron chi connectivity index (χ4n) is 4.29. The Morgan fingerprint density at radius 3 is 2.90 bits per heavy atom. The van der Waals surface area contributed by atoms with Gasteiger partial charge < -0.3 is 14.6 Å². The Bertz CT molecular complexity index is 896. The first-order valence-corrected chi connectivity index (χ1v) is 11.3. The molecule has 0 radical (unpaired) electrons. The quantitative estimate of drug-likeness (QED) is 0.714. The number of hydrogen-bond donors (Lipinski definition) is 1. The molecule has 0 unspecified atom stereocenters. The summed E-state index contributed by atoms with van der Waals surface area (Å²) in [6, 6.07) is 0.774. The lowest BCUT2D eigenvalue weighted by Gasteiger charge is -2.41. The Labute approximate surface area is 178 Å². The number of fused-ring (bicyclic) bond motifs is 1. The molecule has 164 valence electrons. The van der Waals surface area contributed by atoms with Crippen molar-refractivity contribution in [3.05, 3.63) is 23.2 Å². The van der Waals surface area contributed by atoms with E-state index in [-0.39, 0.29) is 23.6 Å². The second-order valence-corrected chi connectivity index (χ2v) is 9.08. The van der Waals surface area contributed by atoms with E-state index >= 15 is 0 Å². The van der Waals surface area contributed by atoms with E-state index in [4.69, 9.17) is 4.42 Å². The minimum atomic E-state index is -2.47. The van der Waals surface area contributed by atoms with Gasteiger partial charge >= 0.3 is 0 Å². The van der Waals surface area contributed by atoms with Crippen LogP contribution in [0.25, 0.3) is 0 Å². The molecule has 1 fully saturated rings. The zero-order valence-electron chi connectivity index (χ0n) is 17.4. The highest BCUT2D eigenvalue weighted by molar-refractivity contribution is 7.99. The lowest BCUT2D eigenvalue weighted by atomic mass is 9.86. The van der Waals surface area contributed by atoms with Crippen molar-refractivity contribution in [2.45, 2.75) is 63.8 Å². The molecule has 2 aliphatic rings. The van der Waals surface area contributed by atoms with Gasteiger partial charge in [0.1, 0.15) is 17.6 Å². The first-order valence-electron chi connectivity index (χ1n) is 10.3. The molecule has 10 heteroatoms. The van der Waals surface area contributed by atoms with Crippen molar-refractivity contribution < 1.29 is 18.0 Å². The highest BCUT2D eigenvalue weighted by atomic mass is 32.2. The van der Waals surface area contributed by atoms with Gasteiger partial charge in [-0.05, 0) is 46.0 Å². The molecule has 2 aromatic rings. The van der Waals surface area contributed by atoms with Gasteiger partial charge in [0.2, 0.25) is 5.91 Å². The molecule has 30 heavy (non-hydrogen) atoms. The summed E-state index contributed by atoms with van der Waals surface area (Å²) in [5, 5.41) is 8.13. The van der Waals surface area contributed by atoms with Gasteiger partial charge in [-0.3, -0.25) is 4.79 Å². The Hall–Kier alpha value is -2.10. The van der Waals surface area contributed by atoms with Crippen molar-refractivity contribution in [2.75, 3.05) is 24.2 Å². The van der Waals surface area contributed by atoms with Gasteiger partial charge in [-0.1, -0.05) is 11.8 Å². The van der Waals surface area contributed by atoms with Gasteiger partial charge in [-0.15, -0.1) is 0 Å². The molecule has 0 aromatic carbocycles. The number of nitrogens with zero attached hydrogens (tertiary/aromatic N) is 4. The smallest absolute Gasteiger partial charge is 0.260 e. The second kappa shape index (κ2) is 8.56. The number of aryl methyl sites for hydroxylation is 3. The van der Waals surface area contributed by atoms with Crippen LogP contribution >= 0.6 is 11.8 Å². The number of likely N-dealkylation sites (tertiary alicyclic amines) is 1. The van der Waals surface area contributed by atoms with Gasteiger partial charge in [0.05, 0.1) is 17.1 Å². The number of amides is 1. The summed E-state index contributed by atoms with van der Waals surface area (Å²) in [5.74, 6) is 1.82. The number of thioether (sulfide) groups is 1. The molecule has 2 aliphatic heterocycles. The van der Waals surface area contributed by atoms with Crippen LogP contribution < -0.4 is 5.32 Å². The number of carbonyl (C=O) groups excluding carboxylic acids is 1. The predicted octanol–water partition coefficient (Wildman–Crippen LogP) is 3.82. The third kappa shape index (κ3) is 4.33. The molecule has 1 saturated heterocycles. The largest absolute Gasteiger partial charge is 0.437 e. The summed E-state index contributed by atoms with van der Waals surface area (Å²) >= 11 is 1.30. The molecule has 2 aromatic heterocycles. The van der Waals surface area contributed by atoms with Crippen LogP contribution in [0.5, 0.6) is 0 Å².